The summed E-state index contributed by atoms with van der Waals surface area (Å²) in [6, 6.07) is 0. The van der Waals surface area contributed by atoms with Crippen LogP contribution in [0.2, 0.25) is 0 Å². The van der Waals surface area contributed by atoms with Crippen molar-refractivity contribution in [1.82, 2.24) is 0 Å². The lowest BCUT2D eigenvalue weighted by atomic mass is 10.2. The minimum absolute atomic E-state index is 0.188. The van der Waals surface area contributed by atoms with E-state index in [4.69, 9.17) is 0 Å². The number of hydrogen-bond donors (Lipinski definition) is 0. The summed E-state index contributed by atoms with van der Waals surface area (Å²) in [7, 11) is 1.12. The summed E-state index contributed by atoms with van der Waals surface area (Å²) in [6.45, 7) is 6.08. The first-order valence-electron chi connectivity index (χ1n) is 5.50. The molecule has 0 amide bonds. The van der Waals surface area contributed by atoms with Crippen LogP contribution in [0.25, 0.3) is 0 Å². The van der Waals surface area contributed by atoms with Crippen molar-refractivity contribution in [3.05, 3.63) is 12.2 Å². The maximum absolute atomic E-state index is 10.3. The summed E-state index contributed by atoms with van der Waals surface area (Å²) in [4.78, 5) is 20.5. The second-order valence-corrected chi connectivity index (χ2v) is 2.92. The van der Waals surface area contributed by atoms with Crippen LogP contribution in [0.15, 0.2) is 12.2 Å². The van der Waals surface area contributed by atoms with Crippen molar-refractivity contribution >= 4 is 11.9 Å². The molecule has 0 saturated carbocycles. The van der Waals surface area contributed by atoms with Crippen LogP contribution in [0.1, 0.15) is 40.0 Å². The molecule has 0 aliphatic heterocycles. The molecule has 0 saturated heterocycles. The third-order valence-corrected chi connectivity index (χ3v) is 1.59. The van der Waals surface area contributed by atoms with Crippen LogP contribution in [0, 0.1) is 0 Å². The van der Waals surface area contributed by atoms with Gasteiger partial charge in [0.2, 0.25) is 0 Å². The van der Waals surface area contributed by atoms with Gasteiger partial charge in [0.1, 0.15) is 0 Å². The molecule has 0 rings (SSSR count). The van der Waals surface area contributed by atoms with E-state index >= 15 is 0 Å². The van der Waals surface area contributed by atoms with E-state index in [1.807, 2.05) is 0 Å². The number of unbranched alkanes of at least 4 members (excludes halogenated alkanes) is 2. The Morgan fingerprint density at radius 3 is 2.19 bits per heavy atom. The molecule has 0 heterocycles. The minimum Gasteiger partial charge on any atom is -0.461 e. The summed E-state index contributed by atoms with van der Waals surface area (Å²) in [5.74, 6) is -1.91. The molecule has 16 heavy (non-hydrogen) atoms. The van der Waals surface area contributed by atoms with E-state index in [-0.39, 0.29) is 6.61 Å². The monoisotopic (exact) mass is 230 g/mol. The number of methoxy groups -OCH3 is 1. The summed E-state index contributed by atoms with van der Waals surface area (Å²) >= 11 is 0. The smallest absolute Gasteiger partial charge is 0.417 e. The molecule has 0 N–H and O–H groups in total. The Morgan fingerprint density at radius 2 is 1.81 bits per heavy atom. The quantitative estimate of drug-likeness (QED) is 0.322. The zero-order valence-corrected chi connectivity index (χ0v) is 10.6. The molecule has 0 unspecified atom stereocenters. The summed E-state index contributed by atoms with van der Waals surface area (Å²) in [5, 5.41) is 0. The predicted molar refractivity (Wildman–Crippen MR) is 63.0 cm³/mol. The first-order valence-corrected chi connectivity index (χ1v) is 5.50. The fourth-order valence-corrected chi connectivity index (χ4v) is 0.762. The lowest BCUT2D eigenvalue weighted by molar-refractivity contribution is -0.165. The van der Waals surface area contributed by atoms with E-state index in [0.717, 1.165) is 7.11 Å². The van der Waals surface area contributed by atoms with Crippen molar-refractivity contribution in [2.24, 2.45) is 0 Å². The fourth-order valence-electron chi connectivity index (χ4n) is 0.762. The third kappa shape index (κ3) is 12.7. The topological polar surface area (TPSA) is 52.6 Å². The highest BCUT2D eigenvalue weighted by molar-refractivity contribution is 6.29. The van der Waals surface area contributed by atoms with Gasteiger partial charge < -0.3 is 9.47 Å². The normalized spacial score (nSPS) is 9.25. The molecule has 0 aliphatic carbocycles. The van der Waals surface area contributed by atoms with Gasteiger partial charge in [-0.15, -0.1) is 0 Å². The van der Waals surface area contributed by atoms with Crippen LogP contribution in [0.3, 0.4) is 0 Å². The van der Waals surface area contributed by atoms with Gasteiger partial charge in [0.25, 0.3) is 0 Å². The van der Waals surface area contributed by atoms with E-state index in [0.29, 0.717) is 0 Å². The van der Waals surface area contributed by atoms with Gasteiger partial charge in [0.15, 0.2) is 0 Å². The molecule has 0 spiro atoms. The van der Waals surface area contributed by atoms with Crippen LogP contribution >= 0.6 is 0 Å². The van der Waals surface area contributed by atoms with Crippen molar-refractivity contribution in [3.63, 3.8) is 0 Å². The average Bonchev–Trinajstić information content (AvgIpc) is 2.30. The van der Waals surface area contributed by atoms with Crippen molar-refractivity contribution in [1.29, 1.82) is 0 Å². The van der Waals surface area contributed by atoms with Crippen LogP contribution in [0.5, 0.6) is 0 Å². The van der Waals surface area contributed by atoms with Crippen molar-refractivity contribution in [3.8, 4) is 0 Å². The summed E-state index contributed by atoms with van der Waals surface area (Å²) in [6.07, 6.45) is 8.22. The molecule has 4 heteroatoms. The average molecular weight is 230 g/mol. The molecular weight excluding hydrogens is 208 g/mol. The van der Waals surface area contributed by atoms with E-state index in [1.165, 1.54) is 19.3 Å². The Hall–Kier alpha value is -1.32. The molecule has 94 valence electrons. The van der Waals surface area contributed by atoms with Gasteiger partial charge in [0, 0.05) is 0 Å². The first kappa shape index (κ1) is 17.1. The van der Waals surface area contributed by atoms with Crippen molar-refractivity contribution in [2.75, 3.05) is 13.7 Å². The highest BCUT2D eigenvalue weighted by atomic mass is 16.6. The van der Waals surface area contributed by atoms with Crippen LogP contribution in [0.4, 0.5) is 0 Å². The lowest BCUT2D eigenvalue weighted by Crippen LogP contribution is -2.18. The van der Waals surface area contributed by atoms with Gasteiger partial charge >= 0.3 is 11.9 Å². The number of ether oxygens (including phenoxy) is 2. The number of hydrogen-bond acceptors (Lipinski definition) is 4. The van der Waals surface area contributed by atoms with Gasteiger partial charge in [-0.1, -0.05) is 31.9 Å². The summed E-state index contributed by atoms with van der Waals surface area (Å²) < 4.78 is 8.33. The Balaban J connectivity index is 0. The molecule has 0 aromatic heterocycles. The van der Waals surface area contributed by atoms with Crippen LogP contribution < -0.4 is 0 Å². The Labute approximate surface area is 97.6 Å². The maximum atomic E-state index is 10.3. The lowest BCUT2D eigenvalue weighted by Gasteiger charge is -1.96. The molecular formula is C12H22O4. The van der Waals surface area contributed by atoms with Gasteiger partial charge in [-0.25, -0.2) is 9.59 Å². The second-order valence-electron chi connectivity index (χ2n) is 2.92. The maximum Gasteiger partial charge on any atom is 0.417 e. The number of esters is 2. The van der Waals surface area contributed by atoms with Gasteiger partial charge in [0.05, 0.1) is 13.7 Å². The number of carbonyl (C=O) groups is 2. The number of carbonyl (C=O) groups excluding carboxylic acids is 2. The molecule has 0 aromatic rings. The second kappa shape index (κ2) is 13.7. The van der Waals surface area contributed by atoms with Crippen LogP contribution in [-0.2, 0) is 19.1 Å². The van der Waals surface area contributed by atoms with Gasteiger partial charge in [-0.2, -0.15) is 0 Å². The molecule has 0 radical (unpaired) electrons. The van der Waals surface area contributed by atoms with Gasteiger partial charge in [-0.05, 0) is 20.3 Å². The van der Waals surface area contributed by atoms with E-state index in [1.54, 1.807) is 6.92 Å². The molecule has 0 aromatic carbocycles. The molecule has 0 fully saturated rings. The highest BCUT2D eigenvalue weighted by Crippen LogP contribution is 1.93. The van der Waals surface area contributed by atoms with Crippen molar-refractivity contribution < 1.29 is 19.1 Å². The zero-order valence-electron chi connectivity index (χ0n) is 10.6. The van der Waals surface area contributed by atoms with Crippen molar-refractivity contribution in [2.45, 2.75) is 40.0 Å². The molecule has 0 atom stereocenters. The van der Waals surface area contributed by atoms with E-state index in [9.17, 15) is 9.59 Å². The zero-order chi connectivity index (χ0) is 12.8. The summed E-state index contributed by atoms with van der Waals surface area (Å²) in [5.41, 5.74) is 0. The van der Waals surface area contributed by atoms with E-state index in [2.05, 4.69) is 35.5 Å². The Kier molecular flexibility index (Phi) is 14.6. The molecule has 4 nitrogen and oxygen atoms in total. The predicted octanol–water partition coefficient (Wildman–Crippen LogP) is 2.48. The standard InChI is InChI=1S/C7H14.C5H8O4/c1-3-5-7-6-4-2;1-3-9-5(7)4(6)8-2/h3,5H,4,6-7H2,1-2H3;3H2,1-2H3. The first-order chi connectivity index (χ1) is 7.63. The number of allylic oxidation sites excluding steroid dienone is 2. The van der Waals surface area contributed by atoms with Gasteiger partial charge in [-0.3, -0.25) is 0 Å². The number of rotatable bonds is 4. The molecule has 0 aliphatic rings. The fraction of sp³-hybridized carbons (Fsp3) is 0.667. The highest BCUT2D eigenvalue weighted by Gasteiger charge is 2.13. The SMILES string of the molecule is CC=CCCCC.CCOC(=O)C(=O)OC. The van der Waals surface area contributed by atoms with E-state index < -0.39 is 11.9 Å². The largest absolute Gasteiger partial charge is 0.461 e. The minimum atomic E-state index is -0.961. The molecule has 0 bridgehead atoms. The Morgan fingerprint density at radius 1 is 1.19 bits per heavy atom. The Bertz CT molecular complexity index is 209. The van der Waals surface area contributed by atoms with Crippen LogP contribution in [-0.4, -0.2) is 25.7 Å². The third-order valence-electron chi connectivity index (χ3n) is 1.59.